The largest absolute Gasteiger partial charge is 0.382 e. The highest BCUT2D eigenvalue weighted by molar-refractivity contribution is 6.08. The van der Waals surface area contributed by atoms with Crippen LogP contribution in [-0.4, -0.2) is 23.1 Å². The van der Waals surface area contributed by atoms with Gasteiger partial charge in [-0.25, -0.2) is 4.98 Å². The van der Waals surface area contributed by atoms with Crippen molar-refractivity contribution in [3.05, 3.63) is 71.4 Å². The minimum absolute atomic E-state index is 0.479. The lowest BCUT2D eigenvalue weighted by molar-refractivity contribution is 0.826. The van der Waals surface area contributed by atoms with E-state index >= 15 is 0 Å². The summed E-state index contributed by atoms with van der Waals surface area (Å²) in [4.78, 5) is 11.4. The molecule has 0 aliphatic rings. The van der Waals surface area contributed by atoms with E-state index in [0.717, 1.165) is 47.7 Å². The maximum Gasteiger partial charge on any atom is 0.150 e. The molecule has 0 unspecified atom stereocenters. The highest BCUT2D eigenvalue weighted by atomic mass is 15.1. The molecule has 0 aliphatic heterocycles. The first kappa shape index (κ1) is 20.6. The third kappa shape index (κ3) is 4.44. The van der Waals surface area contributed by atoms with Crippen LogP contribution < -0.4 is 10.6 Å². The van der Waals surface area contributed by atoms with Gasteiger partial charge in [-0.2, -0.15) is 5.26 Å². The molecule has 0 bridgehead atoms. The highest BCUT2D eigenvalue weighted by Gasteiger charge is 2.09. The van der Waals surface area contributed by atoms with Gasteiger partial charge in [0.15, 0.2) is 5.82 Å². The zero-order valence-corrected chi connectivity index (χ0v) is 18.1. The van der Waals surface area contributed by atoms with Crippen LogP contribution in [0.1, 0.15) is 30.0 Å². The van der Waals surface area contributed by atoms with E-state index in [0.29, 0.717) is 12.2 Å². The van der Waals surface area contributed by atoms with Gasteiger partial charge in [-0.05, 0) is 67.6 Å². The van der Waals surface area contributed by atoms with Crippen LogP contribution in [0.15, 0.2) is 54.7 Å². The summed E-state index contributed by atoms with van der Waals surface area (Å²) in [6.07, 6.45) is 4.30. The summed E-state index contributed by atoms with van der Waals surface area (Å²) in [6.45, 7) is 5.84. The number of aryl methyl sites for hydroxylation is 3. The van der Waals surface area contributed by atoms with E-state index in [1.807, 2.05) is 6.20 Å². The molecule has 0 fully saturated rings. The Labute approximate surface area is 183 Å². The number of nitrogen functional groups attached to an aromatic ring is 1. The number of nitrogens with zero attached hydrogens (tertiary/aromatic N) is 4. The Hall–Kier alpha value is -3.65. The van der Waals surface area contributed by atoms with Crippen LogP contribution in [0.3, 0.4) is 0 Å². The maximum atomic E-state index is 8.84. The average Bonchev–Trinajstić information content (AvgIpc) is 2.78. The van der Waals surface area contributed by atoms with Gasteiger partial charge < -0.3 is 10.6 Å². The summed E-state index contributed by atoms with van der Waals surface area (Å²) >= 11 is 0. The average molecular weight is 410 g/mol. The Balaban J connectivity index is 1.54. The first-order chi connectivity index (χ1) is 15.1. The van der Waals surface area contributed by atoms with Gasteiger partial charge in [-0.3, -0.25) is 4.98 Å². The third-order valence-corrected chi connectivity index (χ3v) is 5.75. The second-order valence-corrected chi connectivity index (χ2v) is 7.91. The molecule has 2 aromatic carbocycles. The summed E-state index contributed by atoms with van der Waals surface area (Å²) in [5.74, 6) is 0.479. The van der Waals surface area contributed by atoms with Gasteiger partial charge in [-0.15, -0.1) is 0 Å². The summed E-state index contributed by atoms with van der Waals surface area (Å²) in [6, 6.07) is 19.4. The lowest BCUT2D eigenvalue weighted by atomic mass is 10.0. The van der Waals surface area contributed by atoms with E-state index in [-0.39, 0.29) is 0 Å². The Kier molecular flexibility index (Phi) is 5.99. The van der Waals surface area contributed by atoms with Crippen molar-refractivity contribution in [3.63, 3.8) is 0 Å². The summed E-state index contributed by atoms with van der Waals surface area (Å²) in [5.41, 5.74) is 12.7. The van der Waals surface area contributed by atoms with Crippen molar-refractivity contribution in [3.8, 4) is 6.07 Å². The van der Waals surface area contributed by atoms with Crippen molar-refractivity contribution in [2.24, 2.45) is 0 Å². The van der Waals surface area contributed by atoms with Gasteiger partial charge >= 0.3 is 0 Å². The van der Waals surface area contributed by atoms with Crippen LogP contribution in [0.2, 0.25) is 0 Å². The SMILES string of the molecule is CCN(CCC#N)c1ccc(CCc2cnc3c(N)nc4cc(C)ccc4c3c2)cc1. The third-order valence-electron chi connectivity index (χ3n) is 5.75. The highest BCUT2D eigenvalue weighted by Crippen LogP contribution is 2.28. The number of hydrogen-bond acceptors (Lipinski definition) is 5. The van der Waals surface area contributed by atoms with Gasteiger partial charge in [0, 0.05) is 35.7 Å². The van der Waals surface area contributed by atoms with Gasteiger partial charge in [0.2, 0.25) is 0 Å². The molecule has 156 valence electrons. The van der Waals surface area contributed by atoms with E-state index in [1.165, 1.54) is 22.4 Å². The fraction of sp³-hybridized carbons (Fsp3) is 0.269. The lowest BCUT2D eigenvalue weighted by Crippen LogP contribution is -2.23. The van der Waals surface area contributed by atoms with Crippen LogP contribution in [0, 0.1) is 18.3 Å². The van der Waals surface area contributed by atoms with E-state index in [9.17, 15) is 0 Å². The monoisotopic (exact) mass is 409 g/mol. The lowest BCUT2D eigenvalue weighted by Gasteiger charge is -2.22. The molecule has 0 saturated carbocycles. The normalized spacial score (nSPS) is 11.0. The standard InChI is InChI=1S/C26H27N5/c1-3-31(14-4-13-27)21-10-8-19(9-11-21)6-7-20-16-23-22-12-5-18(2)15-24(22)30-26(28)25(23)29-17-20/h5,8-12,15-17H,3-4,6-7,14H2,1-2H3,(H2,28,30). The number of nitrogens with two attached hydrogens (primary N) is 1. The van der Waals surface area contributed by atoms with Crippen molar-refractivity contribution in [1.82, 2.24) is 9.97 Å². The van der Waals surface area contributed by atoms with Gasteiger partial charge in [-0.1, -0.05) is 24.3 Å². The number of rotatable bonds is 7. The quantitative estimate of drug-likeness (QED) is 0.425. The molecule has 0 amide bonds. The van der Waals surface area contributed by atoms with Crippen molar-refractivity contribution < 1.29 is 0 Å². The predicted molar refractivity (Wildman–Crippen MR) is 128 cm³/mol. The van der Waals surface area contributed by atoms with Gasteiger partial charge in [0.1, 0.15) is 5.52 Å². The molecular formula is C26H27N5. The molecule has 31 heavy (non-hydrogen) atoms. The van der Waals surface area contributed by atoms with Crippen LogP contribution in [0.25, 0.3) is 21.8 Å². The first-order valence-electron chi connectivity index (χ1n) is 10.7. The molecule has 2 aromatic heterocycles. The molecule has 5 nitrogen and oxygen atoms in total. The van der Waals surface area contributed by atoms with E-state index in [1.54, 1.807) is 0 Å². The van der Waals surface area contributed by atoms with Gasteiger partial charge in [0.25, 0.3) is 0 Å². The van der Waals surface area contributed by atoms with Crippen molar-refractivity contribution in [1.29, 1.82) is 5.26 Å². The Morgan fingerprint density at radius 3 is 2.52 bits per heavy atom. The molecule has 5 heteroatoms. The number of fused-ring (bicyclic) bond motifs is 3. The summed E-state index contributed by atoms with van der Waals surface area (Å²) in [5, 5.41) is 11.0. The van der Waals surface area contributed by atoms with Crippen molar-refractivity contribution in [2.45, 2.75) is 33.1 Å². The molecule has 0 spiro atoms. The number of aromatic nitrogens is 2. The second-order valence-electron chi connectivity index (χ2n) is 7.91. The van der Waals surface area contributed by atoms with Crippen molar-refractivity contribution >= 4 is 33.3 Å². The number of nitriles is 1. The molecule has 0 atom stereocenters. The molecule has 0 radical (unpaired) electrons. The Morgan fingerprint density at radius 2 is 1.77 bits per heavy atom. The fourth-order valence-corrected chi connectivity index (χ4v) is 4.02. The maximum absolute atomic E-state index is 8.84. The summed E-state index contributed by atoms with van der Waals surface area (Å²) in [7, 11) is 0. The smallest absolute Gasteiger partial charge is 0.150 e. The van der Waals surface area contributed by atoms with Gasteiger partial charge in [0.05, 0.1) is 18.0 Å². The van der Waals surface area contributed by atoms with E-state index in [2.05, 4.69) is 83.3 Å². The van der Waals surface area contributed by atoms with Crippen LogP contribution in [0.4, 0.5) is 11.5 Å². The summed E-state index contributed by atoms with van der Waals surface area (Å²) < 4.78 is 0. The second kappa shape index (κ2) is 9.01. The molecular weight excluding hydrogens is 382 g/mol. The minimum Gasteiger partial charge on any atom is -0.382 e. The Morgan fingerprint density at radius 1 is 1.00 bits per heavy atom. The number of hydrogen-bond donors (Lipinski definition) is 1. The minimum atomic E-state index is 0.479. The molecule has 2 heterocycles. The first-order valence-corrected chi connectivity index (χ1v) is 10.7. The number of anilines is 2. The molecule has 0 saturated heterocycles. The zero-order chi connectivity index (χ0) is 21.8. The van der Waals surface area contributed by atoms with E-state index in [4.69, 9.17) is 11.0 Å². The van der Waals surface area contributed by atoms with Crippen LogP contribution >= 0.6 is 0 Å². The number of pyridine rings is 2. The fourth-order valence-electron chi connectivity index (χ4n) is 4.02. The zero-order valence-electron chi connectivity index (χ0n) is 18.1. The topological polar surface area (TPSA) is 78.8 Å². The number of benzene rings is 2. The van der Waals surface area contributed by atoms with Crippen LogP contribution in [-0.2, 0) is 12.8 Å². The van der Waals surface area contributed by atoms with E-state index < -0.39 is 0 Å². The molecule has 2 N–H and O–H groups in total. The molecule has 4 rings (SSSR count). The molecule has 0 aliphatic carbocycles. The Bertz CT molecular complexity index is 1260. The predicted octanol–water partition coefficient (Wildman–Crippen LogP) is 5.20. The van der Waals surface area contributed by atoms with Crippen LogP contribution in [0.5, 0.6) is 0 Å². The molecule has 4 aromatic rings. The van der Waals surface area contributed by atoms with Crippen molar-refractivity contribution in [2.75, 3.05) is 23.7 Å².